The zero-order valence-electron chi connectivity index (χ0n) is 11.2. The van der Waals surface area contributed by atoms with Crippen molar-refractivity contribution in [1.82, 2.24) is 0 Å². The summed E-state index contributed by atoms with van der Waals surface area (Å²) in [6.07, 6.45) is 1.73. The third-order valence-electron chi connectivity index (χ3n) is 3.84. The summed E-state index contributed by atoms with van der Waals surface area (Å²) >= 11 is 5.74. The monoisotopic (exact) mass is 301 g/mol. The van der Waals surface area contributed by atoms with Crippen LogP contribution in [0.15, 0.2) is 12.1 Å². The van der Waals surface area contributed by atoms with Crippen LogP contribution in [0.5, 0.6) is 0 Å². The minimum Gasteiger partial charge on any atom is -0.366 e. The molecule has 1 fully saturated rings. The Morgan fingerprint density at radius 1 is 1.50 bits per heavy atom. The van der Waals surface area contributed by atoms with Gasteiger partial charge in [0.15, 0.2) is 0 Å². The van der Waals surface area contributed by atoms with Crippen LogP contribution in [-0.2, 0) is 0 Å². The van der Waals surface area contributed by atoms with Crippen LogP contribution in [0.3, 0.4) is 0 Å². The summed E-state index contributed by atoms with van der Waals surface area (Å²) < 4.78 is 13.4. The van der Waals surface area contributed by atoms with Crippen LogP contribution in [0.1, 0.15) is 19.8 Å². The van der Waals surface area contributed by atoms with E-state index in [1.807, 2.05) is 11.8 Å². The van der Waals surface area contributed by atoms with E-state index in [0.29, 0.717) is 24.7 Å². The first-order valence-corrected chi connectivity index (χ1v) is 6.92. The third-order valence-corrected chi connectivity index (χ3v) is 4.13. The fourth-order valence-electron chi connectivity index (χ4n) is 2.59. The number of hydrogen-bond acceptors (Lipinski definition) is 4. The minimum atomic E-state index is -0.771. The number of benzene rings is 1. The van der Waals surface area contributed by atoms with Gasteiger partial charge in [0, 0.05) is 19.1 Å². The molecule has 0 amide bonds. The lowest BCUT2D eigenvalue weighted by molar-refractivity contribution is -0.384. The molecule has 1 aliphatic rings. The molecule has 0 saturated carbocycles. The molecule has 1 aliphatic heterocycles. The Balaban J connectivity index is 2.25. The Morgan fingerprint density at radius 2 is 2.10 bits per heavy atom. The van der Waals surface area contributed by atoms with Crippen LogP contribution >= 0.6 is 11.6 Å². The van der Waals surface area contributed by atoms with Crippen LogP contribution in [0, 0.1) is 21.8 Å². The van der Waals surface area contributed by atoms with Crippen molar-refractivity contribution in [1.29, 1.82) is 0 Å². The van der Waals surface area contributed by atoms with Gasteiger partial charge in [-0.05, 0) is 31.7 Å². The van der Waals surface area contributed by atoms with Gasteiger partial charge in [0.25, 0.3) is 5.69 Å². The van der Waals surface area contributed by atoms with Gasteiger partial charge in [-0.3, -0.25) is 10.1 Å². The van der Waals surface area contributed by atoms with E-state index < -0.39 is 10.7 Å². The van der Waals surface area contributed by atoms with E-state index in [0.717, 1.165) is 18.9 Å². The number of rotatable bonds is 3. The lowest BCUT2D eigenvalue weighted by atomic mass is 9.90. The highest BCUT2D eigenvalue weighted by Gasteiger charge is 2.27. The number of anilines is 1. The summed E-state index contributed by atoms with van der Waals surface area (Å²) in [5.41, 5.74) is 6.01. The number of nitrogens with zero attached hydrogens (tertiary/aromatic N) is 2. The molecule has 1 aromatic rings. The van der Waals surface area contributed by atoms with Crippen LogP contribution in [0.25, 0.3) is 0 Å². The fraction of sp³-hybridized carbons (Fsp3) is 0.538. The van der Waals surface area contributed by atoms with Gasteiger partial charge in [0.1, 0.15) is 11.5 Å². The number of nitro groups is 1. The van der Waals surface area contributed by atoms with Gasteiger partial charge in [-0.2, -0.15) is 0 Å². The molecule has 0 aromatic heterocycles. The molecular weight excluding hydrogens is 285 g/mol. The van der Waals surface area contributed by atoms with Crippen molar-refractivity contribution in [3.63, 3.8) is 0 Å². The molecule has 20 heavy (non-hydrogen) atoms. The molecule has 0 spiro atoms. The summed E-state index contributed by atoms with van der Waals surface area (Å²) in [6, 6.07) is 2.33. The zero-order chi connectivity index (χ0) is 14.9. The molecule has 1 atom stereocenters. The molecular formula is C13H17ClFN3O2. The maximum absolute atomic E-state index is 13.4. The van der Waals surface area contributed by atoms with Gasteiger partial charge in [-0.1, -0.05) is 11.6 Å². The quantitative estimate of drug-likeness (QED) is 0.688. The zero-order valence-corrected chi connectivity index (χ0v) is 11.9. The molecule has 1 saturated heterocycles. The van der Waals surface area contributed by atoms with E-state index in [9.17, 15) is 14.5 Å². The Labute approximate surface area is 121 Å². The van der Waals surface area contributed by atoms with Crippen LogP contribution in [0.4, 0.5) is 15.8 Å². The first-order valence-electron chi connectivity index (χ1n) is 6.54. The summed E-state index contributed by atoms with van der Waals surface area (Å²) in [6.45, 7) is 3.29. The molecule has 0 aliphatic carbocycles. The van der Waals surface area contributed by atoms with Gasteiger partial charge < -0.3 is 10.6 Å². The maximum Gasteiger partial charge on any atom is 0.295 e. The first-order chi connectivity index (χ1) is 9.40. The van der Waals surface area contributed by atoms with E-state index >= 15 is 0 Å². The third kappa shape index (κ3) is 3.02. The topological polar surface area (TPSA) is 72.4 Å². The number of piperidine rings is 1. The van der Waals surface area contributed by atoms with Gasteiger partial charge in [-0.25, -0.2) is 4.39 Å². The molecule has 1 heterocycles. The van der Waals surface area contributed by atoms with E-state index in [4.69, 9.17) is 17.3 Å². The van der Waals surface area contributed by atoms with E-state index in [1.54, 1.807) is 0 Å². The molecule has 2 rings (SSSR count). The average molecular weight is 302 g/mol. The van der Waals surface area contributed by atoms with Crippen molar-refractivity contribution in [2.24, 2.45) is 11.7 Å². The standard InChI is InChI=1S/C13H17ClFN3O2/c1-8(16)9-2-4-17(5-3-9)12-6-10(14)11(15)7-13(12)18(19)20/h6-9H,2-5,16H2,1H3. The molecule has 0 radical (unpaired) electrons. The van der Waals surface area contributed by atoms with Gasteiger partial charge >= 0.3 is 0 Å². The summed E-state index contributed by atoms with van der Waals surface area (Å²) in [5, 5.41) is 11.0. The average Bonchev–Trinajstić information content (AvgIpc) is 2.41. The van der Waals surface area contributed by atoms with Crippen molar-refractivity contribution in [3.8, 4) is 0 Å². The van der Waals surface area contributed by atoms with Crippen LogP contribution in [0.2, 0.25) is 5.02 Å². The highest BCUT2D eigenvalue weighted by atomic mass is 35.5. The van der Waals surface area contributed by atoms with Crippen molar-refractivity contribution in [3.05, 3.63) is 33.1 Å². The minimum absolute atomic E-state index is 0.0973. The summed E-state index contributed by atoms with van der Waals surface area (Å²) in [4.78, 5) is 12.3. The van der Waals surface area contributed by atoms with Crippen molar-refractivity contribution in [2.75, 3.05) is 18.0 Å². The number of halogens is 2. The maximum atomic E-state index is 13.4. The molecule has 5 nitrogen and oxygen atoms in total. The summed E-state index contributed by atoms with van der Waals surface area (Å²) in [5.74, 6) is -0.353. The predicted molar refractivity (Wildman–Crippen MR) is 76.7 cm³/mol. The normalized spacial score (nSPS) is 18.1. The highest BCUT2D eigenvalue weighted by Crippen LogP contribution is 2.35. The molecule has 7 heteroatoms. The largest absolute Gasteiger partial charge is 0.366 e. The molecule has 1 aromatic carbocycles. The fourth-order valence-corrected chi connectivity index (χ4v) is 2.75. The SMILES string of the molecule is CC(N)C1CCN(c2cc(Cl)c(F)cc2[N+](=O)[O-])CC1. The Hall–Kier alpha value is -1.40. The Bertz CT molecular complexity index is 517. The van der Waals surface area contributed by atoms with Crippen LogP contribution in [-0.4, -0.2) is 24.1 Å². The molecule has 110 valence electrons. The number of nitro benzene ring substituents is 1. The smallest absolute Gasteiger partial charge is 0.295 e. The Morgan fingerprint density at radius 3 is 2.60 bits per heavy atom. The van der Waals surface area contributed by atoms with Gasteiger partial charge in [0.05, 0.1) is 16.0 Å². The highest BCUT2D eigenvalue weighted by molar-refractivity contribution is 6.31. The van der Waals surface area contributed by atoms with E-state index in [-0.39, 0.29) is 16.8 Å². The number of nitrogens with two attached hydrogens (primary N) is 1. The lowest BCUT2D eigenvalue weighted by Crippen LogP contribution is -2.40. The van der Waals surface area contributed by atoms with Crippen molar-refractivity contribution >= 4 is 23.0 Å². The Kier molecular flexibility index (Phi) is 4.45. The molecule has 2 N–H and O–H groups in total. The second-order valence-corrected chi connectivity index (χ2v) is 5.60. The second-order valence-electron chi connectivity index (χ2n) is 5.20. The van der Waals surface area contributed by atoms with E-state index in [1.165, 1.54) is 6.07 Å². The van der Waals surface area contributed by atoms with Gasteiger partial charge in [0.2, 0.25) is 0 Å². The van der Waals surface area contributed by atoms with Crippen molar-refractivity contribution in [2.45, 2.75) is 25.8 Å². The lowest BCUT2D eigenvalue weighted by Gasteiger charge is -2.34. The van der Waals surface area contributed by atoms with Crippen molar-refractivity contribution < 1.29 is 9.31 Å². The number of hydrogen-bond donors (Lipinski definition) is 1. The second kappa shape index (κ2) is 5.93. The predicted octanol–water partition coefficient (Wildman–Crippen LogP) is 2.95. The first kappa shape index (κ1) is 15.0. The molecule has 0 bridgehead atoms. The van der Waals surface area contributed by atoms with Crippen LogP contribution < -0.4 is 10.6 Å². The molecule has 1 unspecified atom stereocenters. The van der Waals surface area contributed by atoms with E-state index in [2.05, 4.69) is 0 Å². The summed E-state index contributed by atoms with van der Waals surface area (Å²) in [7, 11) is 0. The van der Waals surface area contributed by atoms with Gasteiger partial charge in [-0.15, -0.1) is 0 Å².